The number of hydrogen-bond donors (Lipinski definition) is 2. The number of ketones is 1. The van der Waals surface area contributed by atoms with E-state index in [-0.39, 0.29) is 23.9 Å². The van der Waals surface area contributed by atoms with Crippen molar-refractivity contribution in [1.82, 2.24) is 14.9 Å². The fraction of sp³-hybridized carbons (Fsp3) is 0.773. The van der Waals surface area contributed by atoms with E-state index in [1.807, 2.05) is 18.7 Å². The minimum absolute atomic E-state index is 0.219. The largest absolute Gasteiger partial charge is 0.366 e. The average Bonchev–Trinajstić information content (AvgIpc) is 2.76. The van der Waals surface area contributed by atoms with Crippen LogP contribution in [0.15, 0.2) is 12.4 Å². The minimum atomic E-state index is -4.28. The molecule has 0 aromatic carbocycles. The molecule has 2 N–H and O–H groups in total. The second-order valence-electron chi connectivity index (χ2n) is 9.62. The standard InChI is InChI=1S/C22H35N4O4P/c1-3-19(27)16-5-7-22(8-6-16)11-17(12-22)26-10-9-25(15-21(26)31(28,29)30)18-13-23-20(4-2)24-14-18/h13-14,16-17,21H,3-12,15H2,1-2H3,(H2,28,29,30)/t16?,17?,21-,22?/m1/s1. The number of hydrogen-bond acceptors (Lipinski definition) is 6. The SMILES string of the molecule is CCC(=O)C1CCC2(CC1)CC(N1CCN(c3cnc(CC)nc3)C[C@H]1P(=O)(O)O)C2. The van der Waals surface area contributed by atoms with E-state index in [0.29, 0.717) is 25.3 Å². The van der Waals surface area contributed by atoms with Crippen LogP contribution in [-0.4, -0.2) is 61.9 Å². The average molecular weight is 451 g/mol. The Hall–Kier alpha value is -1.34. The molecule has 8 nitrogen and oxygen atoms in total. The molecule has 1 spiro atoms. The second kappa shape index (κ2) is 8.89. The summed E-state index contributed by atoms with van der Waals surface area (Å²) in [6, 6.07) is 0.219. The van der Waals surface area contributed by atoms with Crippen molar-refractivity contribution in [3.8, 4) is 0 Å². The van der Waals surface area contributed by atoms with Crippen molar-refractivity contribution in [2.75, 3.05) is 24.5 Å². The van der Waals surface area contributed by atoms with Gasteiger partial charge in [0.2, 0.25) is 0 Å². The summed E-state index contributed by atoms with van der Waals surface area (Å²) in [5.74, 6) is 0.582. The van der Waals surface area contributed by atoms with Gasteiger partial charge in [-0.3, -0.25) is 14.3 Å². The summed E-state index contributed by atoms with van der Waals surface area (Å²) in [5, 5.41) is 0. The number of carbonyl (C=O) groups is 1. The molecule has 4 rings (SSSR count). The molecular formula is C22H35N4O4P. The Morgan fingerprint density at radius 3 is 2.35 bits per heavy atom. The lowest BCUT2D eigenvalue weighted by Crippen LogP contribution is -2.61. The summed E-state index contributed by atoms with van der Waals surface area (Å²) >= 11 is 0. The molecule has 9 heteroatoms. The van der Waals surface area contributed by atoms with Crippen molar-refractivity contribution in [2.24, 2.45) is 11.3 Å². The van der Waals surface area contributed by atoms with Crippen molar-refractivity contribution < 1.29 is 19.1 Å². The van der Waals surface area contributed by atoms with Gasteiger partial charge in [0.25, 0.3) is 0 Å². The van der Waals surface area contributed by atoms with Crippen molar-refractivity contribution in [3.05, 3.63) is 18.2 Å². The Kier molecular flexibility index (Phi) is 6.55. The first-order valence-corrected chi connectivity index (χ1v) is 13.3. The van der Waals surface area contributed by atoms with E-state index in [1.165, 1.54) is 0 Å². The van der Waals surface area contributed by atoms with Gasteiger partial charge in [-0.15, -0.1) is 0 Å². The molecular weight excluding hydrogens is 415 g/mol. The molecule has 0 amide bonds. The van der Waals surface area contributed by atoms with Gasteiger partial charge in [-0.25, -0.2) is 9.97 Å². The number of piperazine rings is 1. The number of carbonyl (C=O) groups excluding carboxylic acids is 1. The normalized spacial score (nSPS) is 32.1. The van der Waals surface area contributed by atoms with Gasteiger partial charge in [-0.05, 0) is 43.9 Å². The van der Waals surface area contributed by atoms with E-state index >= 15 is 0 Å². The molecule has 1 saturated heterocycles. The maximum atomic E-state index is 12.4. The zero-order valence-electron chi connectivity index (χ0n) is 18.6. The lowest BCUT2D eigenvalue weighted by molar-refractivity contribution is -0.126. The molecule has 31 heavy (non-hydrogen) atoms. The highest BCUT2D eigenvalue weighted by Gasteiger charge is 2.52. The van der Waals surface area contributed by atoms with E-state index in [1.54, 1.807) is 12.4 Å². The number of nitrogens with zero attached hydrogens (tertiary/aromatic N) is 4. The van der Waals surface area contributed by atoms with Gasteiger partial charge in [0.1, 0.15) is 17.4 Å². The third-order valence-electron chi connectivity index (χ3n) is 7.81. The van der Waals surface area contributed by atoms with E-state index < -0.39 is 13.4 Å². The Morgan fingerprint density at radius 1 is 1.16 bits per heavy atom. The van der Waals surface area contributed by atoms with Gasteiger partial charge in [0.15, 0.2) is 0 Å². The summed E-state index contributed by atoms with van der Waals surface area (Å²) in [4.78, 5) is 45.0. The Balaban J connectivity index is 1.39. The van der Waals surface area contributed by atoms with E-state index in [0.717, 1.165) is 56.5 Å². The van der Waals surface area contributed by atoms with Crippen molar-refractivity contribution in [2.45, 2.75) is 77.0 Å². The van der Waals surface area contributed by atoms with Crippen LogP contribution in [0, 0.1) is 11.3 Å². The molecule has 1 atom stereocenters. The lowest BCUT2D eigenvalue weighted by Gasteiger charge is -2.57. The number of aryl methyl sites for hydroxylation is 1. The van der Waals surface area contributed by atoms with Crippen LogP contribution >= 0.6 is 7.60 Å². The Morgan fingerprint density at radius 2 is 1.81 bits per heavy atom. The Labute approximate surface area is 184 Å². The van der Waals surface area contributed by atoms with Gasteiger partial charge >= 0.3 is 7.60 Å². The number of anilines is 1. The van der Waals surface area contributed by atoms with Crippen LogP contribution in [0.25, 0.3) is 0 Å². The van der Waals surface area contributed by atoms with Crippen LogP contribution in [0.3, 0.4) is 0 Å². The fourth-order valence-corrected chi connectivity index (χ4v) is 6.96. The van der Waals surface area contributed by atoms with Gasteiger partial charge in [0.05, 0.1) is 18.1 Å². The molecule has 1 aromatic heterocycles. The maximum Gasteiger partial charge on any atom is 0.344 e. The number of aromatic nitrogens is 2. The third-order valence-corrected chi connectivity index (χ3v) is 9.05. The molecule has 0 bridgehead atoms. The van der Waals surface area contributed by atoms with Gasteiger partial charge in [0, 0.05) is 44.4 Å². The maximum absolute atomic E-state index is 12.4. The molecule has 0 unspecified atom stereocenters. The summed E-state index contributed by atoms with van der Waals surface area (Å²) < 4.78 is 12.4. The predicted octanol–water partition coefficient (Wildman–Crippen LogP) is 2.98. The number of Topliss-reactive ketones (excluding diaryl/α,β-unsaturated/α-hetero) is 1. The molecule has 3 aliphatic rings. The van der Waals surface area contributed by atoms with Gasteiger partial charge < -0.3 is 14.7 Å². The highest BCUT2D eigenvalue weighted by Crippen LogP contribution is 2.57. The van der Waals surface area contributed by atoms with E-state index in [4.69, 9.17) is 0 Å². The lowest BCUT2D eigenvalue weighted by atomic mass is 9.56. The van der Waals surface area contributed by atoms with Crippen LogP contribution in [0.2, 0.25) is 0 Å². The molecule has 2 saturated carbocycles. The quantitative estimate of drug-likeness (QED) is 0.637. The summed E-state index contributed by atoms with van der Waals surface area (Å²) in [7, 11) is -4.28. The van der Waals surface area contributed by atoms with Crippen molar-refractivity contribution in [1.29, 1.82) is 0 Å². The van der Waals surface area contributed by atoms with Crippen LogP contribution in [0.5, 0.6) is 0 Å². The van der Waals surface area contributed by atoms with Crippen LogP contribution in [0.1, 0.15) is 64.6 Å². The predicted molar refractivity (Wildman–Crippen MR) is 119 cm³/mol. The fourth-order valence-electron chi connectivity index (χ4n) is 5.86. The number of rotatable bonds is 6. The highest BCUT2D eigenvalue weighted by atomic mass is 31.2. The first kappa shape index (κ1) is 22.8. The van der Waals surface area contributed by atoms with Crippen LogP contribution in [-0.2, 0) is 15.8 Å². The van der Waals surface area contributed by atoms with Crippen molar-refractivity contribution in [3.63, 3.8) is 0 Å². The van der Waals surface area contributed by atoms with Crippen LogP contribution < -0.4 is 4.90 Å². The second-order valence-corrected chi connectivity index (χ2v) is 11.4. The van der Waals surface area contributed by atoms with Crippen molar-refractivity contribution >= 4 is 19.1 Å². The van der Waals surface area contributed by atoms with Gasteiger partial charge in [-0.2, -0.15) is 0 Å². The molecule has 3 fully saturated rings. The molecule has 172 valence electrons. The topological polar surface area (TPSA) is 107 Å². The third kappa shape index (κ3) is 4.72. The van der Waals surface area contributed by atoms with E-state index in [2.05, 4.69) is 14.9 Å². The highest BCUT2D eigenvalue weighted by molar-refractivity contribution is 7.52. The first-order valence-electron chi connectivity index (χ1n) is 11.6. The van der Waals surface area contributed by atoms with E-state index in [9.17, 15) is 19.1 Å². The molecule has 2 aliphatic carbocycles. The first-order chi connectivity index (χ1) is 14.7. The molecule has 1 aliphatic heterocycles. The summed E-state index contributed by atoms with van der Waals surface area (Å²) in [6.07, 6.45) is 11.0. The van der Waals surface area contributed by atoms with Crippen LogP contribution in [0.4, 0.5) is 5.69 Å². The molecule has 2 heterocycles. The summed E-state index contributed by atoms with van der Waals surface area (Å²) in [6.45, 7) is 5.57. The summed E-state index contributed by atoms with van der Waals surface area (Å²) in [5.41, 5.74) is 1.09. The Bertz CT molecular complexity index is 826. The smallest absolute Gasteiger partial charge is 0.344 e. The molecule has 1 aromatic rings. The molecule has 0 radical (unpaired) electrons. The monoisotopic (exact) mass is 450 g/mol. The minimum Gasteiger partial charge on any atom is -0.366 e. The zero-order valence-corrected chi connectivity index (χ0v) is 19.5. The van der Waals surface area contributed by atoms with Gasteiger partial charge in [-0.1, -0.05) is 13.8 Å². The zero-order chi connectivity index (χ0) is 22.2.